The van der Waals surface area contributed by atoms with Crippen molar-refractivity contribution in [1.82, 2.24) is 74.4 Å². The fraction of sp³-hybridized carbons (Fsp3) is 0.580. The number of benzene rings is 2. The maximum atomic E-state index is 14.2. The highest BCUT2D eigenvalue weighted by Gasteiger charge is 2.39. The Morgan fingerprint density at radius 3 is 1.22 bits per heavy atom. The number of amides is 14. The van der Waals surface area contributed by atoms with E-state index in [9.17, 15) is 122 Å². The van der Waals surface area contributed by atoms with E-state index in [1.54, 1.807) is 71.9 Å². The number of carbonyl (C=O) groups excluding carboxylic acids is 14. The summed E-state index contributed by atoms with van der Waals surface area (Å²) >= 11 is 0. The van der Waals surface area contributed by atoms with Crippen LogP contribution < -0.4 is 80.2 Å². The molecule has 0 bridgehead atoms. The Morgan fingerprint density at radius 2 is 0.764 bits per heavy atom. The SMILES string of the molecule is CC[C@H](C)[C@H](NC(=O)[C@H](CC(C)C)NC(=O)[C@H](C)NC(=O)[C@H](CC(=O)O)NC(=O)[C@@H](NC(=O)[C@H](CC(C)C)NC(=O)[C@@H](N)CCC(=O)O)[C@@H](C)O)C(=O)N[C@@H](CO)C(=O)N[C@@H](C)C(=O)N[C@@H](Cc1ccccc1)C(=O)N[C@@H](CO)C(=O)NCC(=O)N[C@@H](CO)C(=O)N[C@@H](Cc1ccc(O)cc1)C(=O)N[C@@H](CO)C(=O)O. The first-order valence-corrected chi connectivity index (χ1v) is 35.2. The van der Waals surface area contributed by atoms with E-state index >= 15 is 0 Å². The van der Waals surface area contributed by atoms with Crippen LogP contribution in [0.3, 0.4) is 0 Å². The minimum atomic E-state index is -1.98. The Labute approximate surface area is 632 Å². The van der Waals surface area contributed by atoms with E-state index in [0.29, 0.717) is 11.1 Å². The summed E-state index contributed by atoms with van der Waals surface area (Å²) in [6, 6.07) is -9.86. The Morgan fingerprint density at radius 1 is 0.391 bits per heavy atom. The molecule has 0 aliphatic carbocycles. The van der Waals surface area contributed by atoms with Crippen molar-refractivity contribution in [1.29, 1.82) is 0 Å². The van der Waals surface area contributed by atoms with Crippen LogP contribution in [-0.4, -0.2) is 270 Å². The Balaban J connectivity index is 2.24. The average Bonchev–Trinajstić information content (AvgIpc) is 0.856. The number of carboxylic acids is 3. The number of aromatic hydroxyl groups is 1. The molecule has 0 radical (unpaired) electrons. The van der Waals surface area contributed by atoms with Gasteiger partial charge in [0.05, 0.1) is 51.5 Å². The Hall–Kier alpha value is -11.0. The quantitative estimate of drug-likeness (QED) is 0.0293. The van der Waals surface area contributed by atoms with Crippen LogP contribution in [-0.2, 0) is 94.3 Å². The Kier molecular flexibility index (Phi) is 41.2. The van der Waals surface area contributed by atoms with E-state index in [1.165, 1.54) is 24.3 Å². The van der Waals surface area contributed by atoms with Gasteiger partial charge in [0, 0.05) is 19.3 Å². The van der Waals surface area contributed by atoms with Gasteiger partial charge in [0.15, 0.2) is 0 Å². The second-order valence-corrected chi connectivity index (χ2v) is 26.9. The molecule has 14 amide bonds. The fourth-order valence-electron chi connectivity index (χ4n) is 10.2. The molecule has 0 aromatic heterocycles. The number of carboxylic acid groups (broad SMARTS) is 3. The lowest BCUT2D eigenvalue weighted by Crippen LogP contribution is -2.62. The van der Waals surface area contributed by atoms with Crippen LogP contribution in [0.1, 0.15) is 112 Å². The number of carbonyl (C=O) groups is 17. The molecule has 41 nitrogen and oxygen atoms in total. The zero-order valence-electron chi connectivity index (χ0n) is 62.3. The highest BCUT2D eigenvalue weighted by molar-refractivity contribution is 6.01. The van der Waals surface area contributed by atoms with Crippen LogP contribution >= 0.6 is 0 Å². The first kappa shape index (κ1) is 95.1. The van der Waals surface area contributed by atoms with Crippen molar-refractivity contribution in [3.05, 3.63) is 65.7 Å². The fourth-order valence-corrected chi connectivity index (χ4v) is 10.2. The predicted molar refractivity (Wildman–Crippen MR) is 385 cm³/mol. The lowest BCUT2D eigenvalue weighted by Gasteiger charge is -2.29. The molecule has 0 saturated carbocycles. The van der Waals surface area contributed by atoms with Gasteiger partial charge in [0.25, 0.3) is 0 Å². The molecule has 0 aliphatic heterocycles. The van der Waals surface area contributed by atoms with Gasteiger partial charge in [-0.2, -0.15) is 0 Å². The summed E-state index contributed by atoms with van der Waals surface area (Å²) in [6.45, 7) is 8.03. The van der Waals surface area contributed by atoms with Crippen molar-refractivity contribution < 1.29 is 127 Å². The topological polar surface area (TPSA) is 667 Å². The van der Waals surface area contributed by atoms with Crippen molar-refractivity contribution in [2.75, 3.05) is 33.0 Å². The van der Waals surface area contributed by atoms with Crippen LogP contribution in [0.4, 0.5) is 0 Å². The molecule has 2 aromatic rings. The number of aliphatic carboxylic acids is 3. The molecule has 0 fully saturated rings. The van der Waals surface area contributed by atoms with Gasteiger partial charge in [0.2, 0.25) is 82.7 Å². The van der Waals surface area contributed by atoms with Crippen molar-refractivity contribution in [3.8, 4) is 5.75 Å². The molecular formula is C69H105N15O26. The number of hydrogen-bond donors (Lipinski definition) is 24. The standard InChI is InChI=1S/C69H105N15O26/c1-10-34(6)54(83-63(103)42(22-32(2)3)75-56(96)35(7)72-60(100)46(26-53(94)95)79-68(108)55(37(9)89)84-64(104)43(23-33(4)5)77-58(98)41(70)20-21-52(92)93)67(107)81-49(30-87)65(105)73-36(8)57(97)76-44(24-38-14-12-11-13-15-38)61(101)80-47(28-85)59(99)71-27-51(91)74-48(29-86)66(106)78-45(25-39-16-18-40(90)19-17-39)62(102)82-50(31-88)69(109)110/h11-19,32-37,41-50,54-55,85-90H,10,20-31,70H2,1-9H3,(H,71,99)(H,72,100)(H,73,105)(H,74,91)(H,75,96)(H,76,97)(H,77,98)(H,78,106)(H,79,108)(H,80,101)(H,81,107)(H,82,102)(H,83,103)(H,84,104)(H,92,93)(H,94,95)(H,109,110)/t34-,35-,36-,37+,41-,42-,43-,44-,45-,46-,47-,48-,49-,50-,54-,55-/m0/s1. The molecule has 110 heavy (non-hydrogen) atoms. The van der Waals surface area contributed by atoms with E-state index < -0.39 is 243 Å². The molecule has 0 heterocycles. The molecule has 0 saturated heterocycles. The minimum Gasteiger partial charge on any atom is -0.508 e. The maximum Gasteiger partial charge on any atom is 0.328 e. The monoisotopic (exact) mass is 1560 g/mol. The van der Waals surface area contributed by atoms with Crippen molar-refractivity contribution in [2.24, 2.45) is 23.5 Å². The second-order valence-electron chi connectivity index (χ2n) is 26.9. The lowest BCUT2D eigenvalue weighted by molar-refractivity contribution is -0.143. The third-order valence-corrected chi connectivity index (χ3v) is 16.7. The van der Waals surface area contributed by atoms with Crippen molar-refractivity contribution >= 4 is 101 Å². The third-order valence-electron chi connectivity index (χ3n) is 16.7. The largest absolute Gasteiger partial charge is 0.508 e. The van der Waals surface area contributed by atoms with Gasteiger partial charge < -0.3 is 126 Å². The predicted octanol–water partition coefficient (Wildman–Crippen LogP) is -8.12. The number of rotatable bonds is 49. The molecule has 0 unspecified atom stereocenters. The zero-order chi connectivity index (χ0) is 83.4. The van der Waals surface area contributed by atoms with E-state index in [-0.39, 0.29) is 56.1 Å². The summed E-state index contributed by atoms with van der Waals surface area (Å²) in [5.41, 5.74) is 6.61. The van der Waals surface area contributed by atoms with Gasteiger partial charge in [-0.15, -0.1) is 0 Å². The Bertz CT molecular complexity index is 3500. The lowest BCUT2D eigenvalue weighted by atomic mass is 9.96. The summed E-state index contributed by atoms with van der Waals surface area (Å²) < 4.78 is 0. The first-order chi connectivity index (χ1) is 51.6. The van der Waals surface area contributed by atoms with Gasteiger partial charge in [-0.25, -0.2) is 4.79 Å². The van der Waals surface area contributed by atoms with E-state index in [0.717, 1.165) is 20.8 Å². The van der Waals surface area contributed by atoms with Crippen molar-refractivity contribution in [3.63, 3.8) is 0 Å². The van der Waals surface area contributed by atoms with Crippen LogP contribution in [0.2, 0.25) is 0 Å². The second kappa shape index (κ2) is 47.7. The number of aliphatic hydroxyl groups excluding tert-OH is 5. The molecule has 0 spiro atoms. The van der Waals surface area contributed by atoms with Crippen LogP contribution in [0.15, 0.2) is 54.6 Å². The first-order valence-electron chi connectivity index (χ1n) is 35.2. The molecular weight excluding hydrogens is 1450 g/mol. The summed E-state index contributed by atoms with van der Waals surface area (Å²) in [5.74, 6) is -21.3. The van der Waals surface area contributed by atoms with Gasteiger partial charge in [-0.3, -0.25) is 76.7 Å². The number of aliphatic hydroxyl groups is 5. The van der Waals surface area contributed by atoms with Gasteiger partial charge in [0.1, 0.15) is 84.3 Å². The van der Waals surface area contributed by atoms with Crippen molar-refractivity contribution in [2.45, 2.75) is 204 Å². The number of phenols is 1. The highest BCUT2D eigenvalue weighted by Crippen LogP contribution is 2.16. The number of nitrogens with one attached hydrogen (secondary N) is 14. The third kappa shape index (κ3) is 33.6. The zero-order valence-corrected chi connectivity index (χ0v) is 62.3. The van der Waals surface area contributed by atoms with E-state index in [1.807, 2.05) is 5.32 Å². The van der Waals surface area contributed by atoms with Crippen LogP contribution in [0.25, 0.3) is 0 Å². The summed E-state index contributed by atoms with van der Waals surface area (Å²) in [5, 5.41) is 121. The van der Waals surface area contributed by atoms with Crippen LogP contribution in [0.5, 0.6) is 5.75 Å². The number of hydrogen-bond acceptors (Lipinski definition) is 24. The average molecular weight is 1560 g/mol. The molecule has 16 atom stereocenters. The highest BCUT2D eigenvalue weighted by atomic mass is 16.4. The summed E-state index contributed by atoms with van der Waals surface area (Å²) in [6.07, 6.45) is -4.10. The minimum absolute atomic E-state index is 0.0356. The molecule has 612 valence electrons. The molecule has 2 rings (SSSR count). The van der Waals surface area contributed by atoms with Crippen LogP contribution in [0, 0.1) is 17.8 Å². The van der Waals surface area contributed by atoms with E-state index in [4.69, 9.17) is 10.8 Å². The normalized spacial score (nSPS) is 15.5. The smallest absolute Gasteiger partial charge is 0.328 e. The molecule has 2 aromatic carbocycles. The summed E-state index contributed by atoms with van der Waals surface area (Å²) in [7, 11) is 0. The van der Waals surface area contributed by atoms with Gasteiger partial charge in [-0.05, 0) is 81.0 Å². The maximum absolute atomic E-state index is 14.2. The summed E-state index contributed by atoms with van der Waals surface area (Å²) in [4.78, 5) is 225. The molecule has 25 N–H and O–H groups in total. The molecule has 0 aliphatic rings. The number of nitrogens with two attached hydrogens (primary N) is 1. The van der Waals surface area contributed by atoms with Gasteiger partial charge >= 0.3 is 17.9 Å². The van der Waals surface area contributed by atoms with Gasteiger partial charge in [-0.1, -0.05) is 90.4 Å². The number of phenolic OH excluding ortho intramolecular Hbond substituents is 1. The molecule has 41 heteroatoms. The van der Waals surface area contributed by atoms with E-state index in [2.05, 4.69) is 69.1 Å².